The molecular formula is C17H15F4NO2. The summed E-state index contributed by atoms with van der Waals surface area (Å²) in [5, 5.41) is 11.0. The van der Waals surface area contributed by atoms with Crippen molar-refractivity contribution in [3.05, 3.63) is 81.4 Å². The molecule has 0 heterocycles. The van der Waals surface area contributed by atoms with Crippen molar-refractivity contribution in [2.24, 2.45) is 0 Å². The lowest BCUT2D eigenvalue weighted by Crippen LogP contribution is -2.35. The van der Waals surface area contributed by atoms with Gasteiger partial charge in [0.2, 0.25) is 5.54 Å². The predicted molar refractivity (Wildman–Crippen MR) is 80.7 cm³/mol. The highest BCUT2D eigenvalue weighted by molar-refractivity contribution is 5.33. The fraction of sp³-hybridized carbons (Fsp3) is 0.294. The van der Waals surface area contributed by atoms with Crippen LogP contribution in [0.1, 0.15) is 30.5 Å². The molecule has 24 heavy (non-hydrogen) atoms. The summed E-state index contributed by atoms with van der Waals surface area (Å²) in [5.41, 5.74) is -3.06. The molecule has 0 aromatic heterocycles. The molecule has 0 aliphatic rings. The summed E-state index contributed by atoms with van der Waals surface area (Å²) in [6.07, 6.45) is 0. The lowest BCUT2D eigenvalue weighted by atomic mass is 9.91. The monoisotopic (exact) mass is 341 g/mol. The summed E-state index contributed by atoms with van der Waals surface area (Å²) >= 11 is 0. The van der Waals surface area contributed by atoms with Gasteiger partial charge in [-0.3, -0.25) is 10.1 Å². The smallest absolute Gasteiger partial charge is 0.264 e. The Bertz CT molecular complexity index is 728. The van der Waals surface area contributed by atoms with Crippen molar-refractivity contribution in [2.45, 2.75) is 31.2 Å². The Hall–Kier alpha value is -2.44. The van der Waals surface area contributed by atoms with E-state index in [2.05, 4.69) is 0 Å². The number of nitro groups is 1. The average molecular weight is 341 g/mol. The first kappa shape index (κ1) is 17.9. The first-order chi connectivity index (χ1) is 11.0. The summed E-state index contributed by atoms with van der Waals surface area (Å²) in [7, 11) is 0. The minimum atomic E-state index is -4.45. The van der Waals surface area contributed by atoms with Gasteiger partial charge in [0.15, 0.2) is 0 Å². The van der Waals surface area contributed by atoms with Gasteiger partial charge in [-0.2, -0.15) is 17.6 Å². The molecule has 0 spiro atoms. The quantitative estimate of drug-likeness (QED) is 0.432. The highest BCUT2D eigenvalue weighted by Gasteiger charge is 2.58. The number of rotatable bonds is 5. The number of nitrogens with zero attached hydrogens (tertiary/aromatic N) is 1. The van der Waals surface area contributed by atoms with Gasteiger partial charge in [-0.1, -0.05) is 54.6 Å². The molecule has 3 nitrogen and oxygen atoms in total. The molecule has 0 radical (unpaired) electrons. The third-order valence-electron chi connectivity index (χ3n) is 3.94. The van der Waals surface area contributed by atoms with E-state index in [4.69, 9.17) is 0 Å². The first-order valence-corrected chi connectivity index (χ1v) is 7.08. The highest BCUT2D eigenvalue weighted by atomic mass is 19.3. The maximum Gasteiger partial charge on any atom is 0.339 e. The zero-order valence-electron chi connectivity index (χ0n) is 13.0. The van der Waals surface area contributed by atoms with E-state index in [1.54, 1.807) is 0 Å². The Labute approximate surface area is 136 Å². The second-order valence-corrected chi connectivity index (χ2v) is 5.91. The number of hydrogen-bond donors (Lipinski definition) is 0. The molecule has 0 unspecified atom stereocenters. The van der Waals surface area contributed by atoms with E-state index in [1.807, 2.05) is 0 Å². The van der Waals surface area contributed by atoms with E-state index in [-0.39, 0.29) is 5.56 Å². The minimum Gasteiger partial charge on any atom is -0.264 e. The molecule has 0 amide bonds. The van der Waals surface area contributed by atoms with Crippen LogP contribution >= 0.6 is 0 Å². The summed E-state index contributed by atoms with van der Waals surface area (Å²) in [6, 6.07) is 9.57. The van der Waals surface area contributed by atoms with Gasteiger partial charge < -0.3 is 0 Å². The maximum absolute atomic E-state index is 14.3. The van der Waals surface area contributed by atoms with Crippen molar-refractivity contribution in [2.75, 3.05) is 0 Å². The number of alkyl halides is 4. The van der Waals surface area contributed by atoms with E-state index in [9.17, 15) is 27.7 Å². The third kappa shape index (κ3) is 2.86. The van der Waals surface area contributed by atoms with Gasteiger partial charge in [0.1, 0.15) is 0 Å². The predicted octanol–water partition coefficient (Wildman–Crippen LogP) is 5.08. The Kier molecular flexibility index (Phi) is 4.39. The lowest BCUT2D eigenvalue weighted by Gasteiger charge is -2.27. The molecule has 0 saturated carbocycles. The van der Waals surface area contributed by atoms with Crippen LogP contribution in [-0.2, 0) is 17.4 Å². The summed E-state index contributed by atoms with van der Waals surface area (Å²) in [4.78, 5) is 10.4. The average Bonchev–Trinajstić information content (AvgIpc) is 2.55. The van der Waals surface area contributed by atoms with Crippen molar-refractivity contribution in [1.29, 1.82) is 0 Å². The van der Waals surface area contributed by atoms with E-state index < -0.39 is 33.4 Å². The highest BCUT2D eigenvalue weighted by Crippen LogP contribution is 2.49. The molecule has 0 N–H and O–H groups in total. The number of halogens is 4. The van der Waals surface area contributed by atoms with Crippen LogP contribution in [-0.4, -0.2) is 4.92 Å². The molecule has 0 aliphatic carbocycles. The Balaban J connectivity index is 2.42. The van der Waals surface area contributed by atoms with Gasteiger partial charge in [0.25, 0.3) is 0 Å². The summed E-state index contributed by atoms with van der Waals surface area (Å²) in [6.45, 7) is 2.61. The van der Waals surface area contributed by atoms with Gasteiger partial charge in [-0.25, -0.2) is 0 Å². The normalized spacial score (nSPS) is 12.9. The van der Waals surface area contributed by atoms with Crippen molar-refractivity contribution >= 4 is 0 Å². The lowest BCUT2D eigenvalue weighted by molar-refractivity contribution is -0.569. The third-order valence-corrected chi connectivity index (χ3v) is 3.94. The van der Waals surface area contributed by atoms with Crippen LogP contribution in [0.25, 0.3) is 0 Å². The van der Waals surface area contributed by atoms with E-state index in [0.29, 0.717) is 0 Å². The molecule has 0 atom stereocenters. The molecule has 128 valence electrons. The fourth-order valence-corrected chi connectivity index (χ4v) is 2.20. The molecule has 0 saturated heterocycles. The van der Waals surface area contributed by atoms with Crippen molar-refractivity contribution < 1.29 is 22.5 Å². The van der Waals surface area contributed by atoms with Crippen LogP contribution in [0.2, 0.25) is 0 Å². The van der Waals surface area contributed by atoms with Gasteiger partial charge in [0, 0.05) is 35.5 Å². The van der Waals surface area contributed by atoms with Crippen LogP contribution in [0.4, 0.5) is 17.6 Å². The van der Waals surface area contributed by atoms with Crippen molar-refractivity contribution in [3.63, 3.8) is 0 Å². The zero-order valence-corrected chi connectivity index (χ0v) is 13.0. The zero-order chi connectivity index (χ0) is 18.2. The van der Waals surface area contributed by atoms with Crippen LogP contribution < -0.4 is 0 Å². The molecule has 0 bridgehead atoms. The largest absolute Gasteiger partial charge is 0.339 e. The van der Waals surface area contributed by atoms with E-state index in [0.717, 1.165) is 36.4 Å². The second-order valence-electron chi connectivity index (χ2n) is 5.91. The molecule has 2 rings (SSSR count). The molecule has 0 aliphatic heterocycles. The van der Waals surface area contributed by atoms with Gasteiger partial charge in [-0.15, -0.1) is 0 Å². The van der Waals surface area contributed by atoms with Gasteiger partial charge in [-0.05, 0) is 0 Å². The first-order valence-electron chi connectivity index (χ1n) is 7.08. The van der Waals surface area contributed by atoms with E-state index >= 15 is 0 Å². The summed E-state index contributed by atoms with van der Waals surface area (Å²) in [5.74, 6) is -8.86. The van der Waals surface area contributed by atoms with E-state index in [1.165, 1.54) is 32.0 Å². The molecule has 2 aromatic rings. The van der Waals surface area contributed by atoms with Crippen molar-refractivity contribution in [1.82, 2.24) is 0 Å². The molecule has 2 aromatic carbocycles. The second kappa shape index (κ2) is 5.89. The Morgan fingerprint density at radius 2 is 1.12 bits per heavy atom. The fourth-order valence-electron chi connectivity index (χ4n) is 2.20. The molecule has 7 heteroatoms. The molecular weight excluding hydrogens is 326 g/mol. The topological polar surface area (TPSA) is 43.1 Å². The number of hydrogen-bond acceptors (Lipinski definition) is 2. The Morgan fingerprint density at radius 1 is 0.750 bits per heavy atom. The minimum absolute atomic E-state index is 0.148. The summed E-state index contributed by atoms with van der Waals surface area (Å²) < 4.78 is 57.1. The Morgan fingerprint density at radius 3 is 1.54 bits per heavy atom. The van der Waals surface area contributed by atoms with Gasteiger partial charge in [0.05, 0.1) is 0 Å². The standard InChI is InChI=1S/C17H15F4NO2/c1-15(2,22(23)24)12-8-10-14(11-9-12)17(20,21)16(18,19)13-6-4-3-5-7-13/h3-11H,1-2H3. The van der Waals surface area contributed by atoms with Crippen molar-refractivity contribution in [3.8, 4) is 0 Å². The van der Waals surface area contributed by atoms with Gasteiger partial charge >= 0.3 is 11.8 Å². The van der Waals surface area contributed by atoms with Crippen LogP contribution in [0.15, 0.2) is 54.6 Å². The van der Waals surface area contributed by atoms with Crippen LogP contribution in [0, 0.1) is 10.1 Å². The van der Waals surface area contributed by atoms with Crippen LogP contribution in [0.5, 0.6) is 0 Å². The van der Waals surface area contributed by atoms with Crippen LogP contribution in [0.3, 0.4) is 0 Å². The molecule has 0 fully saturated rings. The SMILES string of the molecule is CC(C)(c1ccc(C(F)(F)C(F)(F)c2ccccc2)cc1)[N+](=O)[O-]. The maximum atomic E-state index is 14.3. The number of benzene rings is 2.